The second-order valence-electron chi connectivity index (χ2n) is 2.80. The van der Waals surface area contributed by atoms with Crippen LogP contribution in [0.4, 0.5) is 0 Å². The molecule has 0 aromatic rings. The first-order valence-corrected chi connectivity index (χ1v) is 4.72. The number of aliphatic hydroxyl groups is 2. The molecular weight excluding hydrogens is 263 g/mol. The summed E-state index contributed by atoms with van der Waals surface area (Å²) >= 11 is 2.03. The van der Waals surface area contributed by atoms with E-state index in [0.717, 1.165) is 0 Å². The predicted molar refractivity (Wildman–Crippen MR) is 44.4 cm³/mol. The fourth-order valence-corrected chi connectivity index (χ4v) is 2.16. The van der Waals surface area contributed by atoms with Crippen LogP contribution in [0, 0.1) is 0 Å². The fourth-order valence-electron chi connectivity index (χ4n) is 1.36. The van der Waals surface area contributed by atoms with Gasteiger partial charge in [0, 0.05) is 0 Å². The van der Waals surface area contributed by atoms with Gasteiger partial charge in [-0.1, -0.05) is 22.6 Å². The van der Waals surface area contributed by atoms with Gasteiger partial charge in [-0.15, -0.1) is 0 Å². The van der Waals surface area contributed by atoms with E-state index in [2.05, 4.69) is 0 Å². The highest BCUT2D eigenvalue weighted by Gasteiger charge is 2.48. The number of alkyl halides is 1. The summed E-state index contributed by atoms with van der Waals surface area (Å²) in [6.45, 7) is 0.391. The molecule has 2 unspecified atom stereocenters. The summed E-state index contributed by atoms with van der Waals surface area (Å²) in [5.41, 5.74) is 0. The van der Waals surface area contributed by atoms with E-state index in [-0.39, 0.29) is 16.3 Å². The number of hydrogen-bond acceptors (Lipinski definition) is 4. The minimum Gasteiger partial charge on any atom is -0.389 e. The predicted octanol–water partition coefficient (Wildman–Crippen LogP) is -0.733. The summed E-state index contributed by atoms with van der Waals surface area (Å²) in [5.74, 6) is 0. The van der Waals surface area contributed by atoms with Crippen LogP contribution in [0.3, 0.4) is 0 Å². The average molecular weight is 272 g/mol. The Labute approximate surface area is 77.6 Å². The molecular formula is C6H9IO4. The Bertz CT molecular complexity index is 145. The minimum atomic E-state index is -0.796. The van der Waals surface area contributed by atoms with Gasteiger partial charge in [0.15, 0.2) is 6.29 Å². The third-order valence-corrected chi connectivity index (χ3v) is 3.37. The van der Waals surface area contributed by atoms with Gasteiger partial charge >= 0.3 is 0 Å². The Kier molecular flexibility index (Phi) is 2.09. The molecule has 0 radical (unpaired) electrons. The quantitative estimate of drug-likeness (QED) is 0.451. The van der Waals surface area contributed by atoms with E-state index < -0.39 is 12.2 Å². The molecule has 2 heterocycles. The summed E-state index contributed by atoms with van der Waals surface area (Å²) in [6, 6.07) is 0. The van der Waals surface area contributed by atoms with Crippen LogP contribution in [0.25, 0.3) is 0 Å². The average Bonchev–Trinajstić information content (AvgIpc) is 2.44. The van der Waals surface area contributed by atoms with Crippen molar-refractivity contribution in [2.75, 3.05) is 6.61 Å². The highest BCUT2D eigenvalue weighted by atomic mass is 127. The van der Waals surface area contributed by atoms with E-state index in [9.17, 15) is 10.2 Å². The molecule has 0 aliphatic carbocycles. The molecule has 2 saturated heterocycles. The molecule has 0 amide bonds. The van der Waals surface area contributed by atoms with Crippen LogP contribution in [0.5, 0.6) is 0 Å². The molecule has 5 atom stereocenters. The van der Waals surface area contributed by atoms with Crippen molar-refractivity contribution in [3.63, 3.8) is 0 Å². The molecule has 4 nitrogen and oxygen atoms in total. The van der Waals surface area contributed by atoms with Gasteiger partial charge in [0.1, 0.15) is 12.2 Å². The third-order valence-electron chi connectivity index (χ3n) is 2.05. The topological polar surface area (TPSA) is 58.9 Å². The van der Waals surface area contributed by atoms with Gasteiger partial charge in [0.05, 0.1) is 16.6 Å². The van der Waals surface area contributed by atoms with Crippen LogP contribution in [0.1, 0.15) is 0 Å². The lowest BCUT2D eigenvalue weighted by Crippen LogP contribution is -2.51. The maximum Gasteiger partial charge on any atom is 0.172 e. The number of rotatable bonds is 0. The summed E-state index contributed by atoms with van der Waals surface area (Å²) in [4.78, 5) is 0. The van der Waals surface area contributed by atoms with E-state index in [1.165, 1.54) is 0 Å². The van der Waals surface area contributed by atoms with Crippen molar-refractivity contribution in [2.45, 2.75) is 28.5 Å². The molecule has 64 valence electrons. The lowest BCUT2D eigenvalue weighted by atomic mass is 10.0. The van der Waals surface area contributed by atoms with E-state index in [1.54, 1.807) is 0 Å². The fraction of sp³-hybridized carbons (Fsp3) is 1.00. The third kappa shape index (κ3) is 1.19. The second kappa shape index (κ2) is 2.81. The van der Waals surface area contributed by atoms with Crippen LogP contribution in [-0.2, 0) is 9.47 Å². The van der Waals surface area contributed by atoms with E-state index in [4.69, 9.17) is 9.47 Å². The summed E-state index contributed by atoms with van der Waals surface area (Å²) in [7, 11) is 0. The van der Waals surface area contributed by atoms with Crippen LogP contribution in [-0.4, -0.2) is 45.3 Å². The number of aliphatic hydroxyl groups excluding tert-OH is 2. The lowest BCUT2D eigenvalue weighted by Gasteiger charge is -2.32. The van der Waals surface area contributed by atoms with Crippen molar-refractivity contribution in [3.05, 3.63) is 0 Å². The van der Waals surface area contributed by atoms with Crippen molar-refractivity contribution < 1.29 is 19.7 Å². The molecule has 2 aliphatic rings. The Morgan fingerprint density at radius 3 is 2.73 bits per heavy atom. The largest absolute Gasteiger partial charge is 0.389 e. The zero-order chi connectivity index (χ0) is 8.01. The molecule has 2 fully saturated rings. The van der Waals surface area contributed by atoms with Crippen molar-refractivity contribution in [1.82, 2.24) is 0 Å². The number of halogens is 1. The normalized spacial score (nSPS) is 56.5. The molecule has 0 spiro atoms. The Morgan fingerprint density at radius 1 is 1.27 bits per heavy atom. The first-order valence-electron chi connectivity index (χ1n) is 3.47. The van der Waals surface area contributed by atoms with Crippen LogP contribution in [0.15, 0.2) is 0 Å². The molecule has 11 heavy (non-hydrogen) atoms. The molecule has 2 N–H and O–H groups in total. The Morgan fingerprint density at radius 2 is 2.00 bits per heavy atom. The highest BCUT2D eigenvalue weighted by molar-refractivity contribution is 14.1. The van der Waals surface area contributed by atoms with Gasteiger partial charge < -0.3 is 19.7 Å². The molecule has 2 rings (SSSR count). The summed E-state index contributed by atoms with van der Waals surface area (Å²) < 4.78 is 10.3. The van der Waals surface area contributed by atoms with Crippen molar-refractivity contribution in [2.24, 2.45) is 0 Å². The molecule has 5 heteroatoms. The smallest absolute Gasteiger partial charge is 0.172 e. The summed E-state index contributed by atoms with van der Waals surface area (Å²) in [6.07, 6.45) is -2.18. The van der Waals surface area contributed by atoms with Gasteiger partial charge in [-0.2, -0.15) is 0 Å². The van der Waals surface area contributed by atoms with Crippen molar-refractivity contribution in [1.29, 1.82) is 0 Å². The van der Waals surface area contributed by atoms with Crippen LogP contribution in [0.2, 0.25) is 0 Å². The van der Waals surface area contributed by atoms with E-state index in [1.807, 2.05) is 22.6 Å². The first-order chi connectivity index (χ1) is 5.20. The SMILES string of the molecule is O[C@@H]1C2CO[C@H](O2)C(I)[C@@H]1O. The number of ether oxygens (including phenoxy) is 2. The number of hydrogen-bond donors (Lipinski definition) is 2. The Hall–Kier alpha value is 0.570. The molecule has 0 saturated carbocycles. The highest BCUT2D eigenvalue weighted by Crippen LogP contribution is 2.32. The zero-order valence-corrected chi connectivity index (χ0v) is 7.84. The van der Waals surface area contributed by atoms with Crippen molar-refractivity contribution in [3.8, 4) is 0 Å². The maximum atomic E-state index is 9.41. The van der Waals surface area contributed by atoms with Gasteiger partial charge in [0.2, 0.25) is 0 Å². The zero-order valence-electron chi connectivity index (χ0n) is 5.68. The lowest BCUT2D eigenvalue weighted by molar-refractivity contribution is -0.156. The van der Waals surface area contributed by atoms with Crippen molar-refractivity contribution >= 4 is 22.6 Å². The van der Waals surface area contributed by atoms with Crippen LogP contribution < -0.4 is 0 Å². The Balaban J connectivity index is 2.16. The molecule has 2 aliphatic heterocycles. The summed E-state index contributed by atoms with van der Waals surface area (Å²) in [5, 5.41) is 18.8. The van der Waals surface area contributed by atoms with E-state index in [0.29, 0.717) is 6.61 Å². The molecule has 2 bridgehead atoms. The van der Waals surface area contributed by atoms with E-state index >= 15 is 0 Å². The first kappa shape index (κ1) is 8.18. The number of fused-ring (bicyclic) bond motifs is 2. The standard InChI is InChI=1S/C6H9IO4/c7-3-5(9)4(8)2-1-10-6(3)11-2/h2-6,8-9H,1H2/t2?,3?,4-,5+,6-/m1/s1. The minimum absolute atomic E-state index is 0.165. The van der Waals surface area contributed by atoms with Gasteiger partial charge in [-0.3, -0.25) is 0 Å². The monoisotopic (exact) mass is 272 g/mol. The van der Waals surface area contributed by atoms with Crippen LogP contribution >= 0.6 is 22.6 Å². The second-order valence-corrected chi connectivity index (χ2v) is 4.24. The maximum absolute atomic E-state index is 9.41. The van der Waals surface area contributed by atoms with Gasteiger partial charge in [-0.05, 0) is 0 Å². The van der Waals surface area contributed by atoms with Gasteiger partial charge in [0.25, 0.3) is 0 Å². The molecule has 0 aromatic carbocycles. The molecule has 0 aromatic heterocycles. The van der Waals surface area contributed by atoms with Gasteiger partial charge in [-0.25, -0.2) is 0 Å².